The van der Waals surface area contributed by atoms with Crippen molar-refractivity contribution in [2.24, 2.45) is 10.3 Å². The Morgan fingerprint density at radius 1 is 1.12 bits per heavy atom. The van der Waals surface area contributed by atoms with Gasteiger partial charge in [0.15, 0.2) is 6.04 Å². The maximum absolute atomic E-state index is 8.98. The van der Waals surface area contributed by atoms with E-state index < -0.39 is 0 Å². The van der Waals surface area contributed by atoms with Gasteiger partial charge < -0.3 is 0 Å². The molecule has 82 valence electrons. The standard InChI is InChI=1S/C13H10N4/c14-8-12-13(16-17-15-12)11-6-5-9-3-1-2-4-10(9)7-11/h1-7,12-13H,(H,15,16)/t12-,13-/m0/s1. The smallest absolute Gasteiger partial charge is 0.160 e. The van der Waals surface area contributed by atoms with Crippen LogP contribution in [0.5, 0.6) is 0 Å². The van der Waals surface area contributed by atoms with Gasteiger partial charge in [0.1, 0.15) is 6.04 Å². The van der Waals surface area contributed by atoms with Crippen molar-refractivity contribution in [2.75, 3.05) is 0 Å². The monoisotopic (exact) mass is 222 g/mol. The Balaban J connectivity index is 2.07. The van der Waals surface area contributed by atoms with Gasteiger partial charge in [0.2, 0.25) is 0 Å². The summed E-state index contributed by atoms with van der Waals surface area (Å²) in [5.41, 5.74) is 3.72. The van der Waals surface area contributed by atoms with Gasteiger partial charge in [-0.05, 0) is 22.4 Å². The molecular weight excluding hydrogens is 212 g/mol. The molecule has 0 radical (unpaired) electrons. The first-order chi connectivity index (χ1) is 8.38. The summed E-state index contributed by atoms with van der Waals surface area (Å²) in [5.74, 6) is 0. The van der Waals surface area contributed by atoms with Gasteiger partial charge in [-0.25, -0.2) is 0 Å². The van der Waals surface area contributed by atoms with Gasteiger partial charge in [0.05, 0.1) is 6.07 Å². The second kappa shape index (κ2) is 3.87. The number of hydrogen-bond donors (Lipinski definition) is 1. The van der Waals surface area contributed by atoms with E-state index in [1.54, 1.807) is 0 Å². The Bertz CT molecular complexity index is 627. The molecule has 2 aromatic carbocycles. The molecule has 3 rings (SSSR count). The van der Waals surface area contributed by atoms with Crippen LogP contribution in [0, 0.1) is 11.3 Å². The molecule has 1 aliphatic rings. The third-order valence-electron chi connectivity index (χ3n) is 2.95. The van der Waals surface area contributed by atoms with Crippen LogP contribution >= 0.6 is 0 Å². The van der Waals surface area contributed by atoms with E-state index in [1.807, 2.05) is 24.3 Å². The highest BCUT2D eigenvalue weighted by molar-refractivity contribution is 5.83. The van der Waals surface area contributed by atoms with E-state index in [2.05, 4.69) is 40.0 Å². The lowest BCUT2D eigenvalue weighted by Gasteiger charge is -2.10. The molecule has 2 aromatic rings. The summed E-state index contributed by atoms with van der Waals surface area (Å²) in [6, 6.07) is 15.8. The fourth-order valence-corrected chi connectivity index (χ4v) is 2.05. The summed E-state index contributed by atoms with van der Waals surface area (Å²) in [6.45, 7) is 0. The molecule has 1 aliphatic heterocycles. The normalized spacial score (nSPS) is 22.3. The number of hydrogen-bond acceptors (Lipinski definition) is 4. The van der Waals surface area contributed by atoms with Crippen LogP contribution in [0.25, 0.3) is 10.8 Å². The number of nitrogens with zero attached hydrogens (tertiary/aromatic N) is 3. The van der Waals surface area contributed by atoms with Crippen molar-refractivity contribution in [3.63, 3.8) is 0 Å². The van der Waals surface area contributed by atoms with Crippen LogP contribution in [-0.2, 0) is 0 Å². The molecule has 0 saturated carbocycles. The van der Waals surface area contributed by atoms with Gasteiger partial charge in [-0.15, -0.1) is 0 Å². The summed E-state index contributed by atoms with van der Waals surface area (Å²) in [7, 11) is 0. The van der Waals surface area contributed by atoms with Crippen molar-refractivity contribution in [1.29, 1.82) is 5.26 Å². The number of nitriles is 1. The average Bonchev–Trinajstić information content (AvgIpc) is 2.86. The molecule has 0 fully saturated rings. The van der Waals surface area contributed by atoms with Gasteiger partial charge in [0, 0.05) is 0 Å². The zero-order chi connectivity index (χ0) is 11.7. The van der Waals surface area contributed by atoms with E-state index in [4.69, 9.17) is 5.26 Å². The topological polar surface area (TPSA) is 60.5 Å². The molecule has 1 N–H and O–H groups in total. The molecule has 0 aromatic heterocycles. The van der Waals surface area contributed by atoms with Gasteiger partial charge in [0.25, 0.3) is 0 Å². The molecule has 0 saturated heterocycles. The lowest BCUT2D eigenvalue weighted by molar-refractivity contribution is 0.631. The van der Waals surface area contributed by atoms with E-state index in [1.165, 1.54) is 5.39 Å². The second-order valence-electron chi connectivity index (χ2n) is 4.00. The third-order valence-corrected chi connectivity index (χ3v) is 2.95. The lowest BCUT2D eigenvalue weighted by atomic mass is 9.98. The Morgan fingerprint density at radius 2 is 1.94 bits per heavy atom. The van der Waals surface area contributed by atoms with Gasteiger partial charge >= 0.3 is 0 Å². The quantitative estimate of drug-likeness (QED) is 0.806. The largest absolute Gasteiger partial charge is 0.272 e. The zero-order valence-corrected chi connectivity index (χ0v) is 9.04. The summed E-state index contributed by atoms with van der Waals surface area (Å²) >= 11 is 0. The fraction of sp³-hybridized carbons (Fsp3) is 0.154. The van der Waals surface area contributed by atoms with Gasteiger partial charge in [-0.2, -0.15) is 10.4 Å². The van der Waals surface area contributed by atoms with Crippen LogP contribution in [0.15, 0.2) is 52.8 Å². The number of rotatable bonds is 1. The molecular formula is C13H10N4. The van der Waals surface area contributed by atoms with E-state index in [-0.39, 0.29) is 12.1 Å². The highest BCUT2D eigenvalue weighted by Gasteiger charge is 2.26. The lowest BCUT2D eigenvalue weighted by Crippen LogP contribution is -2.22. The van der Waals surface area contributed by atoms with E-state index in [9.17, 15) is 0 Å². The van der Waals surface area contributed by atoms with E-state index in [0.29, 0.717) is 0 Å². The highest BCUT2D eigenvalue weighted by Crippen LogP contribution is 2.28. The van der Waals surface area contributed by atoms with Crippen molar-refractivity contribution in [1.82, 2.24) is 5.43 Å². The molecule has 0 amide bonds. The number of fused-ring (bicyclic) bond motifs is 1. The average molecular weight is 222 g/mol. The maximum atomic E-state index is 8.98. The molecule has 0 aliphatic carbocycles. The zero-order valence-electron chi connectivity index (χ0n) is 9.04. The molecule has 0 bridgehead atoms. The van der Waals surface area contributed by atoms with Crippen molar-refractivity contribution >= 4 is 10.8 Å². The van der Waals surface area contributed by atoms with Gasteiger partial charge in [-0.3, -0.25) is 5.43 Å². The van der Waals surface area contributed by atoms with Crippen molar-refractivity contribution in [3.05, 3.63) is 48.0 Å². The minimum Gasteiger partial charge on any atom is -0.272 e. The van der Waals surface area contributed by atoms with Crippen molar-refractivity contribution < 1.29 is 0 Å². The summed E-state index contributed by atoms with van der Waals surface area (Å²) in [5, 5.41) is 19.1. The molecule has 4 nitrogen and oxygen atoms in total. The predicted molar refractivity (Wildman–Crippen MR) is 64.1 cm³/mol. The van der Waals surface area contributed by atoms with Crippen molar-refractivity contribution in [2.45, 2.75) is 12.1 Å². The van der Waals surface area contributed by atoms with E-state index >= 15 is 0 Å². The number of nitrogens with one attached hydrogen (secondary N) is 1. The molecule has 0 spiro atoms. The highest BCUT2D eigenvalue weighted by atomic mass is 15.5. The first-order valence-corrected chi connectivity index (χ1v) is 5.42. The Kier molecular flexibility index (Phi) is 2.23. The molecule has 1 heterocycles. The molecule has 2 atom stereocenters. The molecule has 0 unspecified atom stereocenters. The van der Waals surface area contributed by atoms with Gasteiger partial charge in [-0.1, -0.05) is 41.6 Å². The van der Waals surface area contributed by atoms with Crippen LogP contribution in [0.1, 0.15) is 11.6 Å². The van der Waals surface area contributed by atoms with Crippen molar-refractivity contribution in [3.8, 4) is 6.07 Å². The minimum absolute atomic E-state index is 0.204. The Labute approximate surface area is 98.6 Å². The summed E-state index contributed by atoms with van der Waals surface area (Å²) in [6.07, 6.45) is 0. The minimum atomic E-state index is -0.365. The van der Waals surface area contributed by atoms with Crippen LogP contribution in [0.3, 0.4) is 0 Å². The van der Waals surface area contributed by atoms with Crippen LogP contribution < -0.4 is 5.43 Å². The Morgan fingerprint density at radius 3 is 2.76 bits per heavy atom. The SMILES string of the molecule is N#C[C@@H]1NN=N[C@H]1c1ccc2ccccc2c1. The first kappa shape index (κ1) is 9.79. The van der Waals surface area contributed by atoms with Crippen LogP contribution in [0.4, 0.5) is 0 Å². The third kappa shape index (κ3) is 1.62. The van der Waals surface area contributed by atoms with E-state index in [0.717, 1.165) is 10.9 Å². The summed E-state index contributed by atoms with van der Waals surface area (Å²) < 4.78 is 0. The predicted octanol–water partition coefficient (Wildman–Crippen LogP) is 2.74. The van der Waals surface area contributed by atoms with Crippen LogP contribution in [0.2, 0.25) is 0 Å². The maximum Gasteiger partial charge on any atom is 0.160 e. The molecule has 17 heavy (non-hydrogen) atoms. The molecule has 4 heteroatoms. The first-order valence-electron chi connectivity index (χ1n) is 5.42. The Hall–Kier alpha value is -2.41. The van der Waals surface area contributed by atoms with Crippen LogP contribution in [-0.4, -0.2) is 6.04 Å². The fourth-order valence-electron chi connectivity index (χ4n) is 2.05. The summed E-state index contributed by atoms with van der Waals surface area (Å²) in [4.78, 5) is 0. The number of benzene rings is 2. The second-order valence-corrected chi connectivity index (χ2v) is 4.00.